The van der Waals surface area contributed by atoms with E-state index in [0.717, 1.165) is 5.69 Å². The van der Waals surface area contributed by atoms with E-state index in [1.54, 1.807) is 11.8 Å². The smallest absolute Gasteiger partial charge is 0.268 e. The third-order valence-electron chi connectivity index (χ3n) is 3.86. The molecule has 1 aliphatic heterocycles. The molecular formula is C16H21ClN4O3. The molecule has 7 nitrogen and oxygen atoms in total. The molecule has 2 atom stereocenters. The van der Waals surface area contributed by atoms with Crippen molar-refractivity contribution < 1.29 is 14.1 Å². The number of rotatable bonds is 5. The van der Waals surface area contributed by atoms with Crippen LogP contribution < -0.4 is 15.0 Å². The van der Waals surface area contributed by atoms with E-state index in [9.17, 15) is 4.79 Å². The molecule has 1 amide bonds. The number of carbonyl (C=O) groups excluding carboxylic acids is 1. The number of anilines is 1. The summed E-state index contributed by atoms with van der Waals surface area (Å²) in [5, 5.41) is 7.10. The summed E-state index contributed by atoms with van der Waals surface area (Å²) in [6.45, 7) is 4.02. The normalized spacial score (nSPS) is 17.7. The molecule has 1 aliphatic rings. The second-order valence-corrected chi connectivity index (χ2v) is 5.65. The molecule has 0 saturated heterocycles. The van der Waals surface area contributed by atoms with Crippen LogP contribution in [0.5, 0.6) is 5.75 Å². The molecule has 1 N–H and O–H groups in total. The molecule has 130 valence electrons. The average molecular weight is 353 g/mol. The first-order valence-electron chi connectivity index (χ1n) is 7.64. The summed E-state index contributed by atoms with van der Waals surface area (Å²) in [4.78, 5) is 18.4. The number of carbonyl (C=O) groups is 1. The lowest BCUT2D eigenvalue weighted by Crippen LogP contribution is -2.44. The van der Waals surface area contributed by atoms with Crippen LogP contribution in [0.2, 0.25) is 0 Å². The highest BCUT2D eigenvalue weighted by atomic mass is 35.5. The first kappa shape index (κ1) is 18.2. The molecule has 0 spiro atoms. The van der Waals surface area contributed by atoms with E-state index in [1.165, 1.54) is 0 Å². The van der Waals surface area contributed by atoms with Crippen molar-refractivity contribution in [3.63, 3.8) is 0 Å². The predicted molar refractivity (Wildman–Crippen MR) is 91.5 cm³/mol. The Morgan fingerprint density at radius 3 is 2.88 bits per heavy atom. The van der Waals surface area contributed by atoms with Crippen molar-refractivity contribution in [2.24, 2.45) is 0 Å². The zero-order valence-corrected chi connectivity index (χ0v) is 14.7. The van der Waals surface area contributed by atoms with Gasteiger partial charge >= 0.3 is 0 Å². The summed E-state index contributed by atoms with van der Waals surface area (Å²) in [5.41, 5.74) is 0.721. The Morgan fingerprint density at radius 1 is 1.38 bits per heavy atom. The minimum Gasteiger partial charge on any atom is -0.479 e. The Bertz CT molecular complexity index is 706. The molecule has 0 radical (unpaired) electrons. The van der Waals surface area contributed by atoms with E-state index in [4.69, 9.17) is 9.26 Å². The second kappa shape index (κ2) is 7.63. The molecule has 2 unspecified atom stereocenters. The molecule has 1 aromatic carbocycles. The first-order valence-corrected chi connectivity index (χ1v) is 7.64. The highest BCUT2D eigenvalue weighted by Crippen LogP contribution is 2.34. The highest BCUT2D eigenvalue weighted by molar-refractivity contribution is 5.99. The maximum Gasteiger partial charge on any atom is 0.268 e. The number of hydrogen-bond donors (Lipinski definition) is 1. The molecule has 1 aromatic heterocycles. The van der Waals surface area contributed by atoms with Crippen LogP contribution in [0.3, 0.4) is 0 Å². The standard InChI is InChI=1S/C16H20N4O3.ClH/c1-10(17-3)8-14-18-15(23-19-14)9-20-12-6-4-5-7-13(12)22-11(2)16(20)21;/h4-7,10-11,17H,8-9H2,1-3H3;1H. The van der Waals surface area contributed by atoms with Gasteiger partial charge in [0.15, 0.2) is 11.9 Å². The Balaban J connectivity index is 0.00000208. The first-order chi connectivity index (χ1) is 11.1. The SMILES string of the molecule is CNC(C)Cc1noc(CN2C(=O)C(C)Oc3ccccc32)n1.Cl. The summed E-state index contributed by atoms with van der Waals surface area (Å²) in [5.74, 6) is 1.61. The number of halogens is 1. The minimum absolute atomic E-state index is 0. The van der Waals surface area contributed by atoms with Gasteiger partial charge < -0.3 is 14.6 Å². The fourth-order valence-electron chi connectivity index (χ4n) is 2.47. The summed E-state index contributed by atoms with van der Waals surface area (Å²) in [6, 6.07) is 7.69. The number of fused-ring (bicyclic) bond motifs is 1. The van der Waals surface area contributed by atoms with Gasteiger partial charge in [-0.15, -0.1) is 12.4 Å². The third-order valence-corrected chi connectivity index (χ3v) is 3.86. The van der Waals surface area contributed by atoms with Gasteiger partial charge in [0.25, 0.3) is 5.91 Å². The van der Waals surface area contributed by atoms with Crippen molar-refractivity contribution >= 4 is 24.0 Å². The molecule has 24 heavy (non-hydrogen) atoms. The van der Waals surface area contributed by atoms with E-state index >= 15 is 0 Å². The topological polar surface area (TPSA) is 80.5 Å². The van der Waals surface area contributed by atoms with Gasteiger partial charge in [-0.25, -0.2) is 0 Å². The maximum absolute atomic E-state index is 12.4. The van der Waals surface area contributed by atoms with Crippen LogP contribution >= 0.6 is 12.4 Å². The van der Waals surface area contributed by atoms with Gasteiger partial charge in [0.1, 0.15) is 12.3 Å². The van der Waals surface area contributed by atoms with Crippen LogP contribution in [0.4, 0.5) is 5.69 Å². The van der Waals surface area contributed by atoms with Crippen molar-refractivity contribution in [2.45, 2.75) is 39.0 Å². The number of aromatic nitrogens is 2. The molecule has 2 aromatic rings. The van der Waals surface area contributed by atoms with Crippen molar-refractivity contribution in [1.29, 1.82) is 0 Å². The summed E-state index contributed by atoms with van der Waals surface area (Å²) in [7, 11) is 1.89. The lowest BCUT2D eigenvalue weighted by Gasteiger charge is -2.31. The highest BCUT2D eigenvalue weighted by Gasteiger charge is 2.32. The number of amides is 1. The molecule has 0 saturated carbocycles. The van der Waals surface area contributed by atoms with Crippen molar-refractivity contribution in [3.05, 3.63) is 36.0 Å². The van der Waals surface area contributed by atoms with Crippen molar-refractivity contribution in [1.82, 2.24) is 15.5 Å². The molecule has 0 bridgehead atoms. The van der Waals surface area contributed by atoms with Crippen LogP contribution in [-0.2, 0) is 17.8 Å². The van der Waals surface area contributed by atoms with Crippen LogP contribution in [0.15, 0.2) is 28.8 Å². The molecule has 8 heteroatoms. The number of nitrogens with one attached hydrogen (secondary N) is 1. The Labute approximate surface area is 146 Å². The second-order valence-electron chi connectivity index (χ2n) is 5.65. The van der Waals surface area contributed by atoms with Gasteiger partial charge in [0.2, 0.25) is 5.89 Å². The lowest BCUT2D eigenvalue weighted by molar-refractivity contribution is -0.125. The number of hydrogen-bond acceptors (Lipinski definition) is 6. The average Bonchev–Trinajstić information content (AvgIpc) is 2.98. The molecular weight excluding hydrogens is 332 g/mol. The molecule has 0 fully saturated rings. The van der Waals surface area contributed by atoms with E-state index in [1.807, 2.05) is 38.2 Å². The van der Waals surface area contributed by atoms with E-state index in [0.29, 0.717) is 23.9 Å². The molecule has 2 heterocycles. The Hall–Kier alpha value is -2.12. The Morgan fingerprint density at radius 2 is 2.12 bits per heavy atom. The van der Waals surface area contributed by atoms with Crippen LogP contribution in [0.1, 0.15) is 25.6 Å². The van der Waals surface area contributed by atoms with Gasteiger partial charge in [-0.05, 0) is 33.0 Å². The van der Waals surface area contributed by atoms with Crippen LogP contribution in [0, 0.1) is 0 Å². The van der Waals surface area contributed by atoms with Crippen molar-refractivity contribution in [2.75, 3.05) is 11.9 Å². The minimum atomic E-state index is -0.531. The quantitative estimate of drug-likeness (QED) is 0.886. The number of likely N-dealkylation sites (N-methyl/N-ethyl adjacent to an activating group) is 1. The van der Waals surface area contributed by atoms with E-state index in [-0.39, 0.29) is 30.9 Å². The largest absolute Gasteiger partial charge is 0.479 e. The fourth-order valence-corrected chi connectivity index (χ4v) is 2.47. The molecule has 3 rings (SSSR count). The number of benzene rings is 1. The summed E-state index contributed by atoms with van der Waals surface area (Å²) >= 11 is 0. The third kappa shape index (κ3) is 3.68. The summed E-state index contributed by atoms with van der Waals surface area (Å²) < 4.78 is 10.9. The summed E-state index contributed by atoms with van der Waals surface area (Å²) in [6.07, 6.45) is 0.140. The number of para-hydroxylation sites is 2. The van der Waals surface area contributed by atoms with Gasteiger partial charge in [-0.1, -0.05) is 17.3 Å². The van der Waals surface area contributed by atoms with Gasteiger partial charge in [0.05, 0.1) is 5.69 Å². The Kier molecular flexibility index (Phi) is 5.80. The van der Waals surface area contributed by atoms with E-state index < -0.39 is 6.10 Å². The monoisotopic (exact) mass is 352 g/mol. The number of ether oxygens (including phenoxy) is 1. The predicted octanol–water partition coefficient (Wildman–Crippen LogP) is 1.96. The van der Waals surface area contributed by atoms with Gasteiger partial charge in [-0.3, -0.25) is 9.69 Å². The zero-order chi connectivity index (χ0) is 16.4. The van der Waals surface area contributed by atoms with Gasteiger partial charge in [-0.2, -0.15) is 4.98 Å². The fraction of sp³-hybridized carbons (Fsp3) is 0.438. The van der Waals surface area contributed by atoms with Crippen LogP contribution in [-0.4, -0.2) is 35.2 Å². The van der Waals surface area contributed by atoms with E-state index in [2.05, 4.69) is 15.5 Å². The lowest BCUT2D eigenvalue weighted by atomic mass is 10.2. The maximum atomic E-state index is 12.4. The van der Waals surface area contributed by atoms with Crippen LogP contribution in [0.25, 0.3) is 0 Å². The molecule has 0 aliphatic carbocycles. The van der Waals surface area contributed by atoms with Crippen molar-refractivity contribution in [3.8, 4) is 5.75 Å². The number of nitrogens with zero attached hydrogens (tertiary/aromatic N) is 3. The zero-order valence-electron chi connectivity index (χ0n) is 13.9. The van der Waals surface area contributed by atoms with Gasteiger partial charge in [0, 0.05) is 12.5 Å².